The van der Waals surface area contributed by atoms with Crippen LogP contribution in [0.4, 0.5) is 0 Å². The fourth-order valence-corrected chi connectivity index (χ4v) is 2.18. The molecule has 14 heavy (non-hydrogen) atoms. The lowest BCUT2D eigenvalue weighted by atomic mass is 10.3. The number of rotatable bonds is 3. The van der Waals surface area contributed by atoms with E-state index >= 15 is 0 Å². The van der Waals surface area contributed by atoms with E-state index in [1.807, 2.05) is 17.8 Å². The lowest BCUT2D eigenvalue weighted by Crippen LogP contribution is -2.02. The Hall–Kier alpha value is -1.20. The van der Waals surface area contributed by atoms with E-state index < -0.39 is 0 Å². The molecule has 0 amide bonds. The number of aryl methyl sites for hydroxylation is 1. The maximum absolute atomic E-state index is 5.47. The first-order valence-electron chi connectivity index (χ1n) is 4.44. The summed E-state index contributed by atoms with van der Waals surface area (Å²) in [5, 5.41) is 7.17. The van der Waals surface area contributed by atoms with Crippen LogP contribution in [0.25, 0.3) is 10.7 Å². The zero-order valence-corrected chi connectivity index (χ0v) is 8.79. The molecule has 0 aliphatic carbocycles. The van der Waals surface area contributed by atoms with Gasteiger partial charge in [-0.3, -0.25) is 4.68 Å². The van der Waals surface area contributed by atoms with Crippen molar-refractivity contribution in [2.45, 2.75) is 6.42 Å². The maximum Gasteiger partial charge on any atom is 0.141 e. The molecule has 0 saturated heterocycles. The summed E-state index contributed by atoms with van der Waals surface area (Å²) in [5.41, 5.74) is 7.58. The molecule has 0 spiro atoms. The van der Waals surface area contributed by atoms with Crippen LogP contribution in [-0.4, -0.2) is 21.3 Å². The van der Waals surface area contributed by atoms with Crippen LogP contribution in [0.3, 0.4) is 0 Å². The van der Waals surface area contributed by atoms with Crippen molar-refractivity contribution in [3.05, 3.63) is 23.3 Å². The minimum atomic E-state index is 0.647. The summed E-state index contributed by atoms with van der Waals surface area (Å²) in [4.78, 5) is 4.48. The van der Waals surface area contributed by atoms with Crippen molar-refractivity contribution >= 4 is 11.3 Å². The third-order valence-electron chi connectivity index (χ3n) is 1.99. The molecule has 0 aromatic carbocycles. The molecule has 0 atom stereocenters. The van der Waals surface area contributed by atoms with Crippen LogP contribution in [-0.2, 0) is 13.5 Å². The predicted octanol–water partition coefficient (Wildman–Crippen LogP) is 1.04. The number of hydrogen-bond acceptors (Lipinski definition) is 4. The highest BCUT2D eigenvalue weighted by molar-refractivity contribution is 7.13. The van der Waals surface area contributed by atoms with Gasteiger partial charge in [0.15, 0.2) is 0 Å². The Balaban J connectivity index is 2.29. The van der Waals surface area contributed by atoms with E-state index in [4.69, 9.17) is 5.73 Å². The first-order valence-corrected chi connectivity index (χ1v) is 5.32. The third kappa shape index (κ3) is 1.69. The van der Waals surface area contributed by atoms with Crippen LogP contribution in [0.1, 0.15) is 5.69 Å². The molecule has 4 nitrogen and oxygen atoms in total. The summed E-state index contributed by atoms with van der Waals surface area (Å²) in [5.74, 6) is 0. The second kappa shape index (κ2) is 3.89. The average molecular weight is 208 g/mol. The molecule has 0 fully saturated rings. The Bertz CT molecular complexity index is 418. The standard InChI is InChI=1S/C9H12N4S/c1-13-8(3-5-11-13)9-12-7(2-4-10)6-14-9/h3,5-6H,2,4,10H2,1H3. The van der Waals surface area contributed by atoms with Gasteiger partial charge in [-0.05, 0) is 12.6 Å². The van der Waals surface area contributed by atoms with Crippen LogP contribution in [0, 0.1) is 0 Å². The Morgan fingerprint density at radius 2 is 2.43 bits per heavy atom. The second-order valence-corrected chi connectivity index (χ2v) is 3.88. The molecular weight excluding hydrogens is 196 g/mol. The summed E-state index contributed by atoms with van der Waals surface area (Å²) >= 11 is 1.63. The molecule has 2 rings (SSSR count). The fraction of sp³-hybridized carbons (Fsp3) is 0.333. The zero-order chi connectivity index (χ0) is 9.97. The van der Waals surface area contributed by atoms with E-state index in [1.165, 1.54) is 0 Å². The maximum atomic E-state index is 5.47. The molecule has 0 aliphatic heterocycles. The largest absolute Gasteiger partial charge is 0.330 e. The molecule has 5 heteroatoms. The van der Waals surface area contributed by atoms with E-state index in [0.29, 0.717) is 6.54 Å². The lowest BCUT2D eigenvalue weighted by Gasteiger charge is -1.95. The Kier molecular flexibility index (Phi) is 2.60. The van der Waals surface area contributed by atoms with Crippen molar-refractivity contribution < 1.29 is 0 Å². The number of thiazole rings is 1. The van der Waals surface area contributed by atoms with Crippen LogP contribution in [0.5, 0.6) is 0 Å². The SMILES string of the molecule is Cn1nccc1-c1nc(CCN)cs1. The molecule has 2 N–H and O–H groups in total. The van der Waals surface area contributed by atoms with Crippen LogP contribution in [0.2, 0.25) is 0 Å². The van der Waals surface area contributed by atoms with Crippen molar-refractivity contribution in [2.75, 3.05) is 6.54 Å². The summed E-state index contributed by atoms with van der Waals surface area (Å²) in [6.45, 7) is 0.647. The molecule has 0 saturated carbocycles. The van der Waals surface area contributed by atoms with Gasteiger partial charge in [-0.25, -0.2) is 4.98 Å². The van der Waals surface area contributed by atoms with E-state index in [1.54, 1.807) is 17.5 Å². The summed E-state index contributed by atoms with van der Waals surface area (Å²) in [6, 6.07) is 1.96. The average Bonchev–Trinajstić information content (AvgIpc) is 2.74. The molecule has 0 bridgehead atoms. The number of aromatic nitrogens is 3. The molecule has 74 valence electrons. The van der Waals surface area contributed by atoms with E-state index in [9.17, 15) is 0 Å². The second-order valence-electron chi connectivity index (χ2n) is 3.02. The Morgan fingerprint density at radius 3 is 3.07 bits per heavy atom. The first-order chi connectivity index (χ1) is 6.81. The van der Waals surface area contributed by atoms with Gasteiger partial charge in [0.25, 0.3) is 0 Å². The molecule has 2 aromatic heterocycles. The molecule has 2 heterocycles. The van der Waals surface area contributed by atoms with Crippen molar-refractivity contribution in [3.8, 4) is 10.7 Å². The lowest BCUT2D eigenvalue weighted by molar-refractivity contribution is 0.774. The summed E-state index contributed by atoms with van der Waals surface area (Å²) in [6.07, 6.45) is 2.62. The van der Waals surface area contributed by atoms with Crippen LogP contribution >= 0.6 is 11.3 Å². The highest BCUT2D eigenvalue weighted by Crippen LogP contribution is 2.22. The molecule has 0 aliphatic rings. The highest BCUT2D eigenvalue weighted by Gasteiger charge is 2.07. The van der Waals surface area contributed by atoms with Gasteiger partial charge in [-0.15, -0.1) is 11.3 Å². The monoisotopic (exact) mass is 208 g/mol. The van der Waals surface area contributed by atoms with Gasteiger partial charge in [0.2, 0.25) is 0 Å². The van der Waals surface area contributed by atoms with Gasteiger partial charge in [-0.1, -0.05) is 0 Å². The Morgan fingerprint density at radius 1 is 1.57 bits per heavy atom. The zero-order valence-electron chi connectivity index (χ0n) is 7.97. The number of nitrogens with zero attached hydrogens (tertiary/aromatic N) is 3. The normalized spacial score (nSPS) is 10.7. The van der Waals surface area contributed by atoms with Crippen molar-refractivity contribution in [2.24, 2.45) is 12.8 Å². The molecule has 2 aromatic rings. The fourth-order valence-electron chi connectivity index (χ4n) is 1.27. The van der Waals surface area contributed by atoms with Crippen molar-refractivity contribution in [3.63, 3.8) is 0 Å². The van der Waals surface area contributed by atoms with Gasteiger partial charge < -0.3 is 5.73 Å². The van der Waals surface area contributed by atoms with Crippen molar-refractivity contribution in [1.82, 2.24) is 14.8 Å². The predicted molar refractivity (Wildman–Crippen MR) is 57.1 cm³/mol. The van der Waals surface area contributed by atoms with E-state index in [0.717, 1.165) is 22.8 Å². The quantitative estimate of drug-likeness (QED) is 0.820. The van der Waals surface area contributed by atoms with Gasteiger partial charge in [-0.2, -0.15) is 5.10 Å². The third-order valence-corrected chi connectivity index (χ3v) is 2.91. The summed E-state index contributed by atoms with van der Waals surface area (Å²) < 4.78 is 1.82. The molecule has 0 unspecified atom stereocenters. The van der Waals surface area contributed by atoms with E-state index in [-0.39, 0.29) is 0 Å². The smallest absolute Gasteiger partial charge is 0.141 e. The van der Waals surface area contributed by atoms with Gasteiger partial charge in [0.05, 0.1) is 11.4 Å². The first kappa shape index (κ1) is 9.36. The van der Waals surface area contributed by atoms with Crippen LogP contribution < -0.4 is 5.73 Å². The number of hydrogen-bond donors (Lipinski definition) is 1. The highest BCUT2D eigenvalue weighted by atomic mass is 32.1. The minimum absolute atomic E-state index is 0.647. The Labute approximate surface area is 86.4 Å². The van der Waals surface area contributed by atoms with Gasteiger partial charge >= 0.3 is 0 Å². The summed E-state index contributed by atoms with van der Waals surface area (Å²) in [7, 11) is 1.92. The van der Waals surface area contributed by atoms with Crippen molar-refractivity contribution in [1.29, 1.82) is 0 Å². The van der Waals surface area contributed by atoms with Crippen LogP contribution in [0.15, 0.2) is 17.6 Å². The topological polar surface area (TPSA) is 56.7 Å². The number of nitrogens with two attached hydrogens (primary N) is 1. The van der Waals surface area contributed by atoms with E-state index in [2.05, 4.69) is 15.5 Å². The van der Waals surface area contributed by atoms with Gasteiger partial charge in [0.1, 0.15) is 5.01 Å². The molecule has 0 radical (unpaired) electrons. The molecular formula is C9H12N4S. The minimum Gasteiger partial charge on any atom is -0.330 e. The van der Waals surface area contributed by atoms with Gasteiger partial charge in [0, 0.05) is 25.0 Å².